The van der Waals surface area contributed by atoms with Gasteiger partial charge in [-0.1, -0.05) is 24.3 Å². The van der Waals surface area contributed by atoms with Gasteiger partial charge in [0.05, 0.1) is 18.8 Å². The number of aliphatic imine (C=N–C) groups is 1. The predicted molar refractivity (Wildman–Crippen MR) is 145 cm³/mol. The SMILES string of the molecule is CCNC(=NCC(O)c1ccc(OC(C)C)cc1)NCCc1cccc(C(=O)N(C)C)c1.I. The number of guanidine groups is 1. The Bertz CT molecular complexity index is 885. The third-order valence-electron chi connectivity index (χ3n) is 4.69. The van der Waals surface area contributed by atoms with Crippen molar-refractivity contribution in [3.05, 3.63) is 65.2 Å². The van der Waals surface area contributed by atoms with Crippen LogP contribution in [0.4, 0.5) is 0 Å². The number of ether oxygens (including phenoxy) is 1. The van der Waals surface area contributed by atoms with Gasteiger partial charge in [-0.15, -0.1) is 24.0 Å². The minimum Gasteiger partial charge on any atom is -0.491 e. The molecule has 0 saturated carbocycles. The van der Waals surface area contributed by atoms with Crippen LogP contribution in [-0.4, -0.2) is 61.7 Å². The van der Waals surface area contributed by atoms with Gasteiger partial charge in [-0.2, -0.15) is 0 Å². The molecule has 0 bridgehead atoms. The predicted octanol–water partition coefficient (Wildman–Crippen LogP) is 3.62. The number of benzene rings is 2. The van der Waals surface area contributed by atoms with Crippen LogP contribution in [0.25, 0.3) is 0 Å². The van der Waals surface area contributed by atoms with E-state index in [1.807, 2.05) is 69.3 Å². The van der Waals surface area contributed by atoms with Crippen molar-refractivity contribution < 1.29 is 14.6 Å². The lowest BCUT2D eigenvalue weighted by Gasteiger charge is -2.15. The summed E-state index contributed by atoms with van der Waals surface area (Å²) < 4.78 is 5.64. The van der Waals surface area contributed by atoms with E-state index in [4.69, 9.17) is 4.74 Å². The molecule has 1 unspecified atom stereocenters. The van der Waals surface area contributed by atoms with E-state index in [0.717, 1.165) is 29.8 Å². The molecule has 0 spiro atoms. The summed E-state index contributed by atoms with van der Waals surface area (Å²) in [6.45, 7) is 7.57. The number of carbonyl (C=O) groups excluding carboxylic acids is 1. The molecule has 3 N–H and O–H groups in total. The van der Waals surface area contributed by atoms with Crippen LogP contribution >= 0.6 is 24.0 Å². The van der Waals surface area contributed by atoms with E-state index < -0.39 is 6.10 Å². The standard InChI is InChI=1S/C25H36N4O3.HI/c1-6-26-25(27-15-14-19-8-7-9-21(16-19)24(31)29(4)5)28-17-23(30)20-10-12-22(13-11-20)32-18(2)3;/h7-13,16,18,23,30H,6,14-15,17H2,1-5H3,(H2,26,27,28);1H. The van der Waals surface area contributed by atoms with Crippen molar-refractivity contribution in [1.82, 2.24) is 15.5 Å². The Morgan fingerprint density at radius 1 is 1.12 bits per heavy atom. The number of hydrogen-bond acceptors (Lipinski definition) is 4. The molecule has 33 heavy (non-hydrogen) atoms. The summed E-state index contributed by atoms with van der Waals surface area (Å²) in [5, 5.41) is 17.0. The first-order valence-corrected chi connectivity index (χ1v) is 11.1. The zero-order chi connectivity index (χ0) is 23.5. The number of nitrogens with one attached hydrogen (secondary N) is 2. The van der Waals surface area contributed by atoms with E-state index in [9.17, 15) is 9.90 Å². The largest absolute Gasteiger partial charge is 0.491 e. The summed E-state index contributed by atoms with van der Waals surface area (Å²) in [5.74, 6) is 1.42. The summed E-state index contributed by atoms with van der Waals surface area (Å²) in [6.07, 6.45) is 0.158. The maximum Gasteiger partial charge on any atom is 0.253 e. The molecule has 2 aromatic rings. The number of hydrogen-bond donors (Lipinski definition) is 3. The number of halogens is 1. The van der Waals surface area contributed by atoms with Crippen LogP contribution in [-0.2, 0) is 6.42 Å². The Morgan fingerprint density at radius 3 is 2.42 bits per heavy atom. The molecule has 1 atom stereocenters. The fourth-order valence-electron chi connectivity index (χ4n) is 3.11. The molecule has 0 fully saturated rings. The fraction of sp³-hybridized carbons (Fsp3) is 0.440. The van der Waals surface area contributed by atoms with Crippen LogP contribution in [0.1, 0.15) is 48.4 Å². The van der Waals surface area contributed by atoms with E-state index in [1.54, 1.807) is 19.0 Å². The van der Waals surface area contributed by atoms with E-state index >= 15 is 0 Å². The average Bonchev–Trinajstić information content (AvgIpc) is 2.77. The highest BCUT2D eigenvalue weighted by molar-refractivity contribution is 14.0. The molecule has 0 aliphatic heterocycles. The van der Waals surface area contributed by atoms with Crippen molar-refractivity contribution in [1.29, 1.82) is 0 Å². The molecule has 2 aromatic carbocycles. The number of aliphatic hydroxyl groups is 1. The van der Waals surface area contributed by atoms with Crippen molar-refractivity contribution in [2.24, 2.45) is 4.99 Å². The lowest BCUT2D eigenvalue weighted by atomic mass is 10.1. The lowest BCUT2D eigenvalue weighted by Crippen LogP contribution is -2.38. The van der Waals surface area contributed by atoms with Crippen LogP contribution < -0.4 is 15.4 Å². The van der Waals surface area contributed by atoms with Gasteiger partial charge in [0, 0.05) is 32.7 Å². The molecule has 0 aliphatic carbocycles. The number of rotatable bonds is 10. The van der Waals surface area contributed by atoms with E-state index in [2.05, 4.69) is 15.6 Å². The minimum absolute atomic E-state index is 0. The molecule has 2 rings (SSSR count). The zero-order valence-corrected chi connectivity index (χ0v) is 22.5. The molecule has 8 heteroatoms. The molecule has 182 valence electrons. The second-order valence-corrected chi connectivity index (χ2v) is 8.05. The third kappa shape index (κ3) is 10.00. The Hall–Kier alpha value is -2.33. The minimum atomic E-state index is -0.702. The number of amides is 1. The van der Waals surface area contributed by atoms with Crippen LogP contribution in [0.3, 0.4) is 0 Å². The highest BCUT2D eigenvalue weighted by Gasteiger charge is 2.10. The first-order chi connectivity index (χ1) is 15.3. The molecule has 0 radical (unpaired) electrons. The highest BCUT2D eigenvalue weighted by atomic mass is 127. The summed E-state index contributed by atoms with van der Waals surface area (Å²) in [6, 6.07) is 15.1. The number of aliphatic hydroxyl groups excluding tert-OH is 1. The molecule has 1 amide bonds. The van der Waals surface area contributed by atoms with Crippen molar-refractivity contribution in [2.45, 2.75) is 39.4 Å². The van der Waals surface area contributed by atoms with Gasteiger partial charge in [0.25, 0.3) is 5.91 Å². The zero-order valence-electron chi connectivity index (χ0n) is 20.2. The second kappa shape index (κ2) is 14.7. The Balaban J connectivity index is 0.00000544. The van der Waals surface area contributed by atoms with E-state index in [1.165, 1.54) is 0 Å². The van der Waals surface area contributed by atoms with Crippen molar-refractivity contribution in [3.8, 4) is 5.75 Å². The highest BCUT2D eigenvalue weighted by Crippen LogP contribution is 2.19. The Morgan fingerprint density at radius 2 is 1.82 bits per heavy atom. The molecule has 0 aliphatic rings. The van der Waals surface area contributed by atoms with Crippen molar-refractivity contribution >= 4 is 35.8 Å². The van der Waals surface area contributed by atoms with Crippen LogP contribution in [0, 0.1) is 0 Å². The van der Waals surface area contributed by atoms with Crippen LogP contribution in [0.2, 0.25) is 0 Å². The Labute approximate surface area is 214 Å². The molecule has 7 nitrogen and oxygen atoms in total. The molecule has 0 aromatic heterocycles. The molecular formula is C25H37IN4O3. The van der Waals surface area contributed by atoms with Crippen LogP contribution in [0.15, 0.2) is 53.5 Å². The summed E-state index contributed by atoms with van der Waals surface area (Å²) >= 11 is 0. The van der Waals surface area contributed by atoms with Crippen molar-refractivity contribution in [2.75, 3.05) is 33.7 Å². The van der Waals surface area contributed by atoms with Gasteiger partial charge in [-0.3, -0.25) is 9.79 Å². The summed E-state index contributed by atoms with van der Waals surface area (Å²) in [4.78, 5) is 18.2. The van der Waals surface area contributed by atoms with Gasteiger partial charge < -0.3 is 25.4 Å². The Kier molecular flexibility index (Phi) is 12.8. The van der Waals surface area contributed by atoms with E-state index in [0.29, 0.717) is 18.1 Å². The lowest BCUT2D eigenvalue weighted by molar-refractivity contribution is 0.0827. The van der Waals surface area contributed by atoms with Gasteiger partial charge in [0.15, 0.2) is 5.96 Å². The van der Waals surface area contributed by atoms with Gasteiger partial charge in [0.1, 0.15) is 5.75 Å². The molecule has 0 heterocycles. The summed E-state index contributed by atoms with van der Waals surface area (Å²) in [7, 11) is 3.50. The number of carbonyl (C=O) groups is 1. The maximum absolute atomic E-state index is 12.1. The summed E-state index contributed by atoms with van der Waals surface area (Å²) in [5.41, 5.74) is 2.55. The number of nitrogens with zero attached hydrogens (tertiary/aromatic N) is 2. The maximum atomic E-state index is 12.1. The van der Waals surface area contributed by atoms with Gasteiger partial charge in [-0.05, 0) is 62.6 Å². The smallest absolute Gasteiger partial charge is 0.253 e. The molecular weight excluding hydrogens is 531 g/mol. The topological polar surface area (TPSA) is 86.2 Å². The monoisotopic (exact) mass is 568 g/mol. The van der Waals surface area contributed by atoms with E-state index in [-0.39, 0.29) is 42.5 Å². The third-order valence-corrected chi connectivity index (χ3v) is 4.69. The quantitative estimate of drug-likeness (QED) is 0.232. The first kappa shape index (κ1) is 28.7. The van der Waals surface area contributed by atoms with Crippen LogP contribution in [0.5, 0.6) is 5.75 Å². The fourth-order valence-corrected chi connectivity index (χ4v) is 3.11. The average molecular weight is 569 g/mol. The van der Waals surface area contributed by atoms with Crippen molar-refractivity contribution in [3.63, 3.8) is 0 Å². The molecule has 0 saturated heterocycles. The van der Waals surface area contributed by atoms with Gasteiger partial charge >= 0.3 is 0 Å². The van der Waals surface area contributed by atoms with Gasteiger partial charge in [0.2, 0.25) is 0 Å². The first-order valence-electron chi connectivity index (χ1n) is 11.1. The normalized spacial score (nSPS) is 12.0. The van der Waals surface area contributed by atoms with Gasteiger partial charge in [-0.25, -0.2) is 0 Å². The second-order valence-electron chi connectivity index (χ2n) is 8.05.